The summed E-state index contributed by atoms with van der Waals surface area (Å²) in [5, 5.41) is 5.48. The molecule has 0 atom stereocenters. The van der Waals surface area contributed by atoms with Crippen LogP contribution < -0.4 is 10.6 Å². The zero-order valence-corrected chi connectivity index (χ0v) is 13.5. The van der Waals surface area contributed by atoms with E-state index in [1.54, 1.807) is 0 Å². The maximum atomic E-state index is 11.9. The van der Waals surface area contributed by atoms with Gasteiger partial charge in [-0.15, -0.1) is 0 Å². The lowest BCUT2D eigenvalue weighted by atomic mass is 9.99. The molecule has 1 saturated heterocycles. The van der Waals surface area contributed by atoms with Crippen molar-refractivity contribution in [1.82, 2.24) is 5.32 Å². The fourth-order valence-corrected chi connectivity index (χ4v) is 2.71. The van der Waals surface area contributed by atoms with Crippen LogP contribution in [0.4, 0.5) is 5.69 Å². The van der Waals surface area contributed by atoms with Gasteiger partial charge in [0.2, 0.25) is 11.8 Å². The van der Waals surface area contributed by atoms with Crippen LogP contribution in [0, 0.1) is 12.8 Å². The van der Waals surface area contributed by atoms with Gasteiger partial charge in [0.1, 0.15) is 0 Å². The quantitative estimate of drug-likeness (QED) is 0.871. The first-order valence-corrected chi connectivity index (χ1v) is 7.77. The van der Waals surface area contributed by atoms with Crippen LogP contribution in [0.1, 0.15) is 18.4 Å². The molecule has 0 bridgehead atoms. The fourth-order valence-electron chi connectivity index (χ4n) is 2.23. The lowest BCUT2D eigenvalue weighted by Gasteiger charge is -2.21. The maximum Gasteiger partial charge on any atom is 0.243 e. The van der Waals surface area contributed by atoms with Gasteiger partial charge in [-0.1, -0.05) is 15.9 Å². The second-order valence-corrected chi connectivity index (χ2v) is 6.03. The number of amides is 2. The van der Waals surface area contributed by atoms with E-state index in [9.17, 15) is 9.59 Å². The summed E-state index contributed by atoms with van der Waals surface area (Å²) in [5.41, 5.74) is 1.72. The molecule has 6 heteroatoms. The predicted molar refractivity (Wildman–Crippen MR) is 84.1 cm³/mol. The number of aryl methyl sites for hydroxylation is 1. The Balaban J connectivity index is 1.80. The highest BCUT2D eigenvalue weighted by Crippen LogP contribution is 2.20. The number of nitrogens with one attached hydrogen (secondary N) is 2. The third-order valence-electron chi connectivity index (χ3n) is 3.48. The minimum Gasteiger partial charge on any atom is -0.381 e. The van der Waals surface area contributed by atoms with E-state index in [1.165, 1.54) is 0 Å². The molecule has 2 rings (SSSR count). The molecular formula is C15H19BrN2O3. The molecule has 2 amide bonds. The molecule has 0 radical (unpaired) electrons. The smallest absolute Gasteiger partial charge is 0.243 e. The summed E-state index contributed by atoms with van der Waals surface area (Å²) in [4.78, 5) is 23.8. The Kier molecular flexibility index (Phi) is 5.76. The molecule has 0 spiro atoms. The zero-order chi connectivity index (χ0) is 15.2. The number of carbonyl (C=O) groups is 2. The number of anilines is 1. The van der Waals surface area contributed by atoms with E-state index in [4.69, 9.17) is 4.74 Å². The number of hydrogen-bond donors (Lipinski definition) is 2. The second kappa shape index (κ2) is 7.56. The van der Waals surface area contributed by atoms with Crippen molar-refractivity contribution >= 4 is 33.4 Å². The zero-order valence-electron chi connectivity index (χ0n) is 11.9. The van der Waals surface area contributed by atoms with Gasteiger partial charge in [0.15, 0.2) is 0 Å². The molecule has 1 fully saturated rings. The Labute approximate surface area is 132 Å². The normalized spacial score (nSPS) is 15.5. The van der Waals surface area contributed by atoms with E-state index in [0.29, 0.717) is 13.2 Å². The van der Waals surface area contributed by atoms with Gasteiger partial charge in [0.05, 0.1) is 6.54 Å². The van der Waals surface area contributed by atoms with Gasteiger partial charge in [-0.05, 0) is 43.5 Å². The Morgan fingerprint density at radius 2 is 2.05 bits per heavy atom. The summed E-state index contributed by atoms with van der Waals surface area (Å²) in [5.74, 6) is -0.331. The molecule has 0 saturated carbocycles. The predicted octanol–water partition coefficient (Wildman–Crippen LogP) is 2.24. The number of rotatable bonds is 4. The maximum absolute atomic E-state index is 11.9. The molecule has 2 N–H and O–H groups in total. The minimum atomic E-state index is -0.221. The number of hydrogen-bond acceptors (Lipinski definition) is 3. The summed E-state index contributed by atoms with van der Waals surface area (Å²) in [7, 11) is 0. The molecule has 1 aromatic carbocycles. The summed E-state index contributed by atoms with van der Waals surface area (Å²) >= 11 is 3.38. The Morgan fingerprint density at radius 3 is 2.71 bits per heavy atom. The molecule has 1 aliphatic heterocycles. The molecule has 21 heavy (non-hydrogen) atoms. The summed E-state index contributed by atoms with van der Waals surface area (Å²) < 4.78 is 6.18. The third kappa shape index (κ3) is 4.82. The number of halogens is 1. The van der Waals surface area contributed by atoms with Crippen LogP contribution in [0.5, 0.6) is 0 Å². The van der Waals surface area contributed by atoms with Crippen LogP contribution in [-0.4, -0.2) is 31.6 Å². The Morgan fingerprint density at radius 1 is 1.33 bits per heavy atom. The number of ether oxygens (including phenoxy) is 1. The SMILES string of the molecule is Cc1cc(Br)ccc1NC(=O)CNC(=O)C1CCOCC1. The summed E-state index contributed by atoms with van der Waals surface area (Å²) in [6.07, 6.45) is 1.44. The molecule has 0 unspecified atom stereocenters. The van der Waals surface area contributed by atoms with Crippen LogP contribution in [0.25, 0.3) is 0 Å². The molecule has 1 heterocycles. The molecule has 0 aromatic heterocycles. The highest BCUT2D eigenvalue weighted by atomic mass is 79.9. The number of benzene rings is 1. The third-order valence-corrected chi connectivity index (χ3v) is 3.97. The van der Waals surface area contributed by atoms with E-state index >= 15 is 0 Å². The second-order valence-electron chi connectivity index (χ2n) is 5.11. The van der Waals surface area contributed by atoms with Gasteiger partial charge in [-0.3, -0.25) is 9.59 Å². The highest BCUT2D eigenvalue weighted by Gasteiger charge is 2.21. The lowest BCUT2D eigenvalue weighted by molar-refractivity contribution is -0.129. The van der Waals surface area contributed by atoms with Gasteiger partial charge in [0, 0.05) is 29.3 Å². The Hall–Kier alpha value is -1.40. The van der Waals surface area contributed by atoms with Crippen molar-refractivity contribution in [3.8, 4) is 0 Å². The van der Waals surface area contributed by atoms with Gasteiger partial charge >= 0.3 is 0 Å². The fraction of sp³-hybridized carbons (Fsp3) is 0.467. The van der Waals surface area contributed by atoms with Gasteiger partial charge in [-0.25, -0.2) is 0 Å². The van der Waals surface area contributed by atoms with E-state index in [0.717, 1.165) is 28.6 Å². The van der Waals surface area contributed by atoms with Gasteiger partial charge < -0.3 is 15.4 Å². The lowest BCUT2D eigenvalue weighted by Crippen LogP contribution is -2.38. The van der Waals surface area contributed by atoms with Crippen LogP contribution in [0.15, 0.2) is 22.7 Å². The Bertz CT molecular complexity index is 528. The van der Waals surface area contributed by atoms with Crippen LogP contribution in [0.3, 0.4) is 0 Å². The van der Waals surface area contributed by atoms with Crippen molar-refractivity contribution < 1.29 is 14.3 Å². The van der Waals surface area contributed by atoms with Crippen molar-refractivity contribution in [1.29, 1.82) is 0 Å². The van der Waals surface area contributed by atoms with Crippen LogP contribution in [0.2, 0.25) is 0 Å². The van der Waals surface area contributed by atoms with Crippen molar-refractivity contribution in [3.63, 3.8) is 0 Å². The van der Waals surface area contributed by atoms with Crippen molar-refractivity contribution in [2.24, 2.45) is 5.92 Å². The first kappa shape index (κ1) is 16.0. The van der Waals surface area contributed by atoms with Crippen LogP contribution in [-0.2, 0) is 14.3 Å². The van der Waals surface area contributed by atoms with E-state index in [1.807, 2.05) is 25.1 Å². The molecular weight excluding hydrogens is 336 g/mol. The van der Waals surface area contributed by atoms with Crippen molar-refractivity contribution in [2.75, 3.05) is 25.1 Å². The van der Waals surface area contributed by atoms with E-state index in [-0.39, 0.29) is 24.3 Å². The molecule has 5 nitrogen and oxygen atoms in total. The number of carbonyl (C=O) groups excluding carboxylic acids is 2. The molecule has 0 aliphatic carbocycles. The van der Waals surface area contributed by atoms with Crippen molar-refractivity contribution in [3.05, 3.63) is 28.2 Å². The average molecular weight is 355 g/mol. The summed E-state index contributed by atoms with van der Waals surface area (Å²) in [6, 6.07) is 5.62. The standard InChI is InChI=1S/C15H19BrN2O3/c1-10-8-12(16)2-3-13(10)18-14(19)9-17-15(20)11-4-6-21-7-5-11/h2-3,8,11H,4-7,9H2,1H3,(H,17,20)(H,18,19). The molecule has 1 aromatic rings. The van der Waals surface area contributed by atoms with Gasteiger partial charge in [-0.2, -0.15) is 0 Å². The largest absolute Gasteiger partial charge is 0.381 e. The molecule has 1 aliphatic rings. The molecule has 114 valence electrons. The summed E-state index contributed by atoms with van der Waals surface area (Å²) in [6.45, 7) is 3.14. The highest BCUT2D eigenvalue weighted by molar-refractivity contribution is 9.10. The first-order valence-electron chi connectivity index (χ1n) is 6.97. The van der Waals surface area contributed by atoms with Crippen LogP contribution >= 0.6 is 15.9 Å². The van der Waals surface area contributed by atoms with E-state index < -0.39 is 0 Å². The topological polar surface area (TPSA) is 67.4 Å². The average Bonchev–Trinajstić information content (AvgIpc) is 2.48. The minimum absolute atomic E-state index is 0.00824. The first-order chi connectivity index (χ1) is 10.1. The van der Waals surface area contributed by atoms with E-state index in [2.05, 4.69) is 26.6 Å². The monoisotopic (exact) mass is 354 g/mol. The van der Waals surface area contributed by atoms with Gasteiger partial charge in [0.25, 0.3) is 0 Å². The van der Waals surface area contributed by atoms with Crippen molar-refractivity contribution in [2.45, 2.75) is 19.8 Å².